The number of aliphatic hydroxyl groups excluding tert-OH is 2. The van der Waals surface area contributed by atoms with Crippen molar-refractivity contribution in [1.29, 1.82) is 0 Å². The van der Waals surface area contributed by atoms with Crippen molar-refractivity contribution < 1.29 is 10.2 Å². The lowest BCUT2D eigenvalue weighted by atomic mass is 9.67. The van der Waals surface area contributed by atoms with Crippen molar-refractivity contribution in [1.82, 2.24) is 10.6 Å². The Kier molecular flexibility index (Phi) is 7.53. The first kappa shape index (κ1) is 18.5. The van der Waals surface area contributed by atoms with Crippen LogP contribution in [0, 0.1) is 35.5 Å². The Bertz CT molecular complexity index is 268. The molecule has 2 aliphatic carbocycles. The lowest BCUT2D eigenvalue weighted by Gasteiger charge is -2.38. The summed E-state index contributed by atoms with van der Waals surface area (Å²) in [4.78, 5) is 0. The van der Waals surface area contributed by atoms with E-state index in [0.717, 1.165) is 36.8 Å². The van der Waals surface area contributed by atoms with Crippen LogP contribution in [0.5, 0.6) is 0 Å². The Morgan fingerprint density at radius 2 is 1.10 bits per heavy atom. The van der Waals surface area contributed by atoms with Crippen molar-refractivity contribution in [2.24, 2.45) is 35.5 Å². The van der Waals surface area contributed by atoms with Gasteiger partial charge in [0.05, 0.1) is 0 Å². The van der Waals surface area contributed by atoms with Gasteiger partial charge in [0, 0.05) is 13.2 Å². The van der Waals surface area contributed by atoms with Crippen LogP contribution in [0.1, 0.15) is 12.8 Å². The lowest BCUT2D eigenvalue weighted by Crippen LogP contribution is -2.37. The molecule has 6 atom stereocenters. The van der Waals surface area contributed by atoms with Crippen LogP contribution in [-0.2, 0) is 0 Å². The van der Waals surface area contributed by atoms with Crippen molar-refractivity contribution >= 4 is 24.8 Å². The second-order valence-electron chi connectivity index (χ2n) is 6.52. The van der Waals surface area contributed by atoms with Gasteiger partial charge in [0.15, 0.2) is 0 Å². The van der Waals surface area contributed by atoms with E-state index < -0.39 is 0 Å². The molecule has 0 amide bonds. The number of nitrogens with one attached hydrogen (secondary N) is 2. The molecule has 4 aliphatic rings. The molecule has 2 saturated heterocycles. The highest BCUT2D eigenvalue weighted by Crippen LogP contribution is 2.42. The van der Waals surface area contributed by atoms with Crippen LogP contribution in [0.25, 0.3) is 0 Å². The Morgan fingerprint density at radius 1 is 0.700 bits per heavy atom. The van der Waals surface area contributed by atoms with Gasteiger partial charge in [0.1, 0.15) is 0 Å². The van der Waals surface area contributed by atoms with Crippen LogP contribution in [0.15, 0.2) is 0 Å². The summed E-state index contributed by atoms with van der Waals surface area (Å²) in [7, 11) is 0. The molecule has 0 radical (unpaired) electrons. The summed E-state index contributed by atoms with van der Waals surface area (Å²) in [5.74, 6) is 4.70. The molecule has 4 rings (SSSR count). The molecule has 0 unspecified atom stereocenters. The summed E-state index contributed by atoms with van der Waals surface area (Å²) in [6.07, 6.45) is 2.52. The maximum Gasteiger partial charge on any atom is 0.0462 e. The molecule has 4 fully saturated rings. The third kappa shape index (κ3) is 3.42. The fourth-order valence-corrected chi connectivity index (χ4v) is 4.28. The molecule has 0 aromatic heterocycles. The van der Waals surface area contributed by atoms with Gasteiger partial charge < -0.3 is 20.8 Å². The van der Waals surface area contributed by atoms with Crippen LogP contribution in [0.2, 0.25) is 0 Å². The molecule has 0 bridgehead atoms. The second-order valence-corrected chi connectivity index (χ2v) is 6.52. The standard InChI is InChI=1S/2C7H13NO.2ClH/c2*9-4-6-1-5-2-8-3-7(5)6;;/h2*5-9H,1-4H2;2*1H/t2*5-,6-,7+;;/m10../s1. The van der Waals surface area contributed by atoms with Crippen LogP contribution >= 0.6 is 24.8 Å². The summed E-state index contributed by atoms with van der Waals surface area (Å²) in [6, 6.07) is 0. The minimum Gasteiger partial charge on any atom is -0.396 e. The van der Waals surface area contributed by atoms with E-state index in [1.165, 1.54) is 25.9 Å². The predicted octanol–water partition coefficient (Wildman–Crippen LogP) is 0.512. The van der Waals surface area contributed by atoms with E-state index >= 15 is 0 Å². The molecule has 20 heavy (non-hydrogen) atoms. The van der Waals surface area contributed by atoms with Crippen LogP contribution in [-0.4, -0.2) is 49.6 Å². The molecular weight excluding hydrogens is 299 g/mol. The highest BCUT2D eigenvalue weighted by molar-refractivity contribution is 5.85. The van der Waals surface area contributed by atoms with Crippen molar-refractivity contribution in [3.05, 3.63) is 0 Å². The van der Waals surface area contributed by atoms with Gasteiger partial charge >= 0.3 is 0 Å². The molecule has 0 aromatic carbocycles. The minimum absolute atomic E-state index is 0. The van der Waals surface area contributed by atoms with Crippen LogP contribution in [0.3, 0.4) is 0 Å². The van der Waals surface area contributed by atoms with Gasteiger partial charge in [0.2, 0.25) is 0 Å². The Hall–Kier alpha value is 0.420. The number of halogens is 2. The van der Waals surface area contributed by atoms with Crippen molar-refractivity contribution in [3.8, 4) is 0 Å². The topological polar surface area (TPSA) is 64.5 Å². The molecule has 4 N–H and O–H groups in total. The van der Waals surface area contributed by atoms with E-state index in [1.54, 1.807) is 0 Å². The molecule has 2 aliphatic heterocycles. The zero-order valence-electron chi connectivity index (χ0n) is 11.8. The largest absolute Gasteiger partial charge is 0.396 e. The number of fused-ring (bicyclic) bond motifs is 2. The zero-order chi connectivity index (χ0) is 12.5. The Labute approximate surface area is 133 Å². The van der Waals surface area contributed by atoms with Gasteiger partial charge in [-0.3, -0.25) is 0 Å². The van der Waals surface area contributed by atoms with E-state index in [0.29, 0.717) is 25.0 Å². The van der Waals surface area contributed by atoms with Gasteiger partial charge in [-0.15, -0.1) is 24.8 Å². The van der Waals surface area contributed by atoms with Gasteiger partial charge in [-0.2, -0.15) is 0 Å². The van der Waals surface area contributed by atoms with Gasteiger partial charge in [-0.25, -0.2) is 0 Å². The van der Waals surface area contributed by atoms with E-state index in [4.69, 9.17) is 10.2 Å². The summed E-state index contributed by atoms with van der Waals surface area (Å²) in [5, 5.41) is 24.3. The number of hydrogen-bond acceptors (Lipinski definition) is 4. The van der Waals surface area contributed by atoms with Gasteiger partial charge in [-0.1, -0.05) is 0 Å². The quantitative estimate of drug-likeness (QED) is 0.597. The fourth-order valence-electron chi connectivity index (χ4n) is 4.28. The van der Waals surface area contributed by atoms with E-state index in [9.17, 15) is 0 Å². The maximum atomic E-state index is 8.81. The molecule has 6 heteroatoms. The maximum absolute atomic E-state index is 8.81. The molecule has 120 valence electrons. The average molecular weight is 327 g/mol. The molecular formula is C14H28Cl2N2O2. The van der Waals surface area contributed by atoms with E-state index in [2.05, 4.69) is 10.6 Å². The predicted molar refractivity (Wildman–Crippen MR) is 84.6 cm³/mol. The molecule has 2 saturated carbocycles. The van der Waals surface area contributed by atoms with E-state index in [-0.39, 0.29) is 24.8 Å². The molecule has 4 nitrogen and oxygen atoms in total. The summed E-state index contributed by atoms with van der Waals surface area (Å²) < 4.78 is 0. The van der Waals surface area contributed by atoms with Crippen LogP contribution in [0.4, 0.5) is 0 Å². The molecule has 2 heterocycles. The molecule has 0 aromatic rings. The monoisotopic (exact) mass is 326 g/mol. The lowest BCUT2D eigenvalue weighted by molar-refractivity contribution is 0.0579. The van der Waals surface area contributed by atoms with Crippen molar-refractivity contribution in [2.75, 3.05) is 39.4 Å². The zero-order valence-corrected chi connectivity index (χ0v) is 13.5. The van der Waals surface area contributed by atoms with Crippen LogP contribution < -0.4 is 10.6 Å². The van der Waals surface area contributed by atoms with Gasteiger partial charge in [0.25, 0.3) is 0 Å². The van der Waals surface area contributed by atoms with Gasteiger partial charge in [-0.05, 0) is 74.5 Å². The summed E-state index contributed by atoms with van der Waals surface area (Å²) in [5.41, 5.74) is 0. The van der Waals surface area contributed by atoms with Crippen molar-refractivity contribution in [3.63, 3.8) is 0 Å². The number of hydrogen-bond donors (Lipinski definition) is 4. The summed E-state index contributed by atoms with van der Waals surface area (Å²) >= 11 is 0. The minimum atomic E-state index is 0. The second kappa shape index (κ2) is 8.16. The molecule has 0 spiro atoms. The average Bonchev–Trinajstić information content (AvgIpc) is 2.87. The Morgan fingerprint density at radius 3 is 1.40 bits per heavy atom. The number of rotatable bonds is 2. The van der Waals surface area contributed by atoms with Crippen molar-refractivity contribution in [2.45, 2.75) is 12.8 Å². The first-order valence-corrected chi connectivity index (χ1v) is 7.46. The van der Waals surface area contributed by atoms with E-state index in [1.807, 2.05) is 0 Å². The Balaban J connectivity index is 0.000000182. The highest BCUT2D eigenvalue weighted by Gasteiger charge is 2.43. The highest BCUT2D eigenvalue weighted by atomic mass is 35.5. The fraction of sp³-hybridized carbons (Fsp3) is 1.00. The normalized spacial score (nSPS) is 43.5. The first-order chi connectivity index (χ1) is 8.83. The smallest absolute Gasteiger partial charge is 0.0462 e. The summed E-state index contributed by atoms with van der Waals surface area (Å²) in [6.45, 7) is 5.50. The third-order valence-corrected chi connectivity index (χ3v) is 5.68. The number of aliphatic hydroxyl groups is 2. The third-order valence-electron chi connectivity index (χ3n) is 5.68. The SMILES string of the molecule is Cl.Cl.OC[C@@H]1C[C@H]2CNC[C@@H]12.OC[C@H]1C[C@@H]2CNC[C@H]12. The first-order valence-electron chi connectivity index (χ1n) is 7.46.